The Hall–Kier alpha value is -5.36. The number of anilines is 1. The Morgan fingerprint density at radius 1 is 0.976 bits per heavy atom. The van der Waals surface area contributed by atoms with Crippen LogP contribution in [-0.4, -0.2) is 30.1 Å². The highest BCUT2D eigenvalue weighted by atomic mass is 32.1. The van der Waals surface area contributed by atoms with Crippen molar-refractivity contribution in [1.29, 1.82) is 0 Å². The number of aromatic hydroxyl groups is 1. The number of aryl methyl sites for hydroxylation is 1. The summed E-state index contributed by atoms with van der Waals surface area (Å²) >= 11 is 1.41. The van der Waals surface area contributed by atoms with Crippen LogP contribution in [0.2, 0.25) is 0 Å². The SMILES string of the molecule is Cn1ccnc1-c1cc2nccc(Oc3ccc(NC(=O)c4c(O)ccn(-c5ccc(F)cc5)c4=O)cc3F)c2s1. The minimum Gasteiger partial charge on any atom is -0.507 e. The normalized spacial score (nSPS) is 11.1. The van der Waals surface area contributed by atoms with Gasteiger partial charge in [-0.2, -0.15) is 0 Å². The van der Waals surface area contributed by atoms with Gasteiger partial charge in [-0.3, -0.25) is 19.1 Å². The van der Waals surface area contributed by atoms with E-state index in [-0.39, 0.29) is 11.4 Å². The molecule has 0 atom stereocenters. The third-order valence-corrected chi connectivity index (χ3v) is 7.36. The molecule has 0 saturated carbocycles. The number of nitrogens with zero attached hydrogens (tertiary/aromatic N) is 4. The lowest BCUT2D eigenvalue weighted by atomic mass is 10.2. The first kappa shape index (κ1) is 25.9. The van der Waals surface area contributed by atoms with E-state index in [2.05, 4.69) is 15.3 Å². The van der Waals surface area contributed by atoms with Crippen molar-refractivity contribution in [3.8, 4) is 33.6 Å². The number of hydrogen-bond donors (Lipinski definition) is 2. The van der Waals surface area contributed by atoms with Gasteiger partial charge in [0.15, 0.2) is 11.6 Å². The van der Waals surface area contributed by atoms with Crippen molar-refractivity contribution in [2.45, 2.75) is 0 Å². The summed E-state index contributed by atoms with van der Waals surface area (Å²) < 4.78 is 37.9. The molecule has 9 nitrogen and oxygen atoms in total. The molecule has 0 bridgehead atoms. The van der Waals surface area contributed by atoms with Crippen molar-refractivity contribution in [2.75, 3.05) is 5.32 Å². The number of aromatic nitrogens is 4. The van der Waals surface area contributed by atoms with Gasteiger partial charge in [0, 0.05) is 55.3 Å². The number of ether oxygens (including phenoxy) is 1. The molecule has 2 aromatic carbocycles. The van der Waals surface area contributed by atoms with Crippen LogP contribution < -0.4 is 15.6 Å². The van der Waals surface area contributed by atoms with Gasteiger partial charge >= 0.3 is 0 Å². The van der Waals surface area contributed by atoms with E-state index in [0.29, 0.717) is 21.7 Å². The van der Waals surface area contributed by atoms with E-state index in [0.717, 1.165) is 39.5 Å². The van der Waals surface area contributed by atoms with Gasteiger partial charge in [-0.1, -0.05) is 0 Å². The summed E-state index contributed by atoms with van der Waals surface area (Å²) in [6.45, 7) is 0. The van der Waals surface area contributed by atoms with Crippen molar-refractivity contribution < 1.29 is 23.4 Å². The maximum Gasteiger partial charge on any atom is 0.271 e. The first-order valence-electron chi connectivity index (χ1n) is 12.1. The molecule has 6 aromatic rings. The lowest BCUT2D eigenvalue weighted by molar-refractivity contribution is 0.102. The summed E-state index contributed by atoms with van der Waals surface area (Å²) in [7, 11) is 1.88. The maximum absolute atomic E-state index is 15.1. The monoisotopic (exact) mass is 571 g/mol. The second-order valence-corrected chi connectivity index (χ2v) is 9.98. The number of pyridine rings is 2. The quantitative estimate of drug-likeness (QED) is 0.259. The molecule has 12 heteroatoms. The van der Waals surface area contributed by atoms with Crippen LogP contribution in [0.4, 0.5) is 14.5 Å². The zero-order valence-corrected chi connectivity index (χ0v) is 22.0. The van der Waals surface area contributed by atoms with Crippen molar-refractivity contribution in [1.82, 2.24) is 19.1 Å². The topological polar surface area (TPSA) is 111 Å². The van der Waals surface area contributed by atoms with Gasteiger partial charge in [0.05, 0.1) is 15.1 Å². The van der Waals surface area contributed by atoms with Gasteiger partial charge in [0.1, 0.15) is 28.7 Å². The maximum atomic E-state index is 15.1. The van der Waals surface area contributed by atoms with Crippen molar-refractivity contribution >= 4 is 33.1 Å². The molecule has 0 aliphatic carbocycles. The zero-order valence-electron chi connectivity index (χ0n) is 21.2. The molecule has 1 amide bonds. The number of nitrogens with one attached hydrogen (secondary N) is 1. The van der Waals surface area contributed by atoms with E-state index >= 15 is 4.39 Å². The van der Waals surface area contributed by atoms with E-state index in [1.807, 2.05) is 23.9 Å². The van der Waals surface area contributed by atoms with Crippen LogP contribution in [-0.2, 0) is 7.05 Å². The predicted molar refractivity (Wildman–Crippen MR) is 150 cm³/mol. The highest BCUT2D eigenvalue weighted by Gasteiger charge is 2.20. The van der Waals surface area contributed by atoms with E-state index in [1.54, 1.807) is 18.5 Å². The number of fused-ring (bicyclic) bond motifs is 1. The second-order valence-electron chi connectivity index (χ2n) is 8.92. The Bertz CT molecular complexity index is 2000. The van der Waals surface area contributed by atoms with Crippen LogP contribution in [0.3, 0.4) is 0 Å². The van der Waals surface area contributed by atoms with Gasteiger partial charge in [-0.25, -0.2) is 13.8 Å². The lowest BCUT2D eigenvalue weighted by Gasteiger charge is -2.12. The molecule has 0 spiro atoms. The lowest BCUT2D eigenvalue weighted by Crippen LogP contribution is -2.28. The van der Waals surface area contributed by atoms with Gasteiger partial charge in [-0.05, 0) is 48.5 Å². The molecule has 204 valence electrons. The third-order valence-electron chi connectivity index (χ3n) is 6.23. The van der Waals surface area contributed by atoms with Crippen molar-refractivity contribution in [2.24, 2.45) is 7.05 Å². The van der Waals surface area contributed by atoms with Crippen LogP contribution in [0.25, 0.3) is 26.6 Å². The Balaban J connectivity index is 1.25. The minimum atomic E-state index is -0.951. The highest BCUT2D eigenvalue weighted by Crippen LogP contribution is 2.39. The van der Waals surface area contributed by atoms with E-state index < -0.39 is 34.4 Å². The molecule has 0 aliphatic heterocycles. The molecule has 0 saturated heterocycles. The minimum absolute atomic E-state index is 0.0314. The molecular formula is C29H19F2N5O4S. The van der Waals surface area contributed by atoms with Gasteiger partial charge in [0.2, 0.25) is 0 Å². The Morgan fingerprint density at radius 3 is 2.51 bits per heavy atom. The fraction of sp³-hybridized carbons (Fsp3) is 0.0345. The number of benzene rings is 2. The standard InChI is InChI=1S/C29H19F2N5O4S/c1-35-13-11-33-27(35)24-15-20-26(41-24)23(8-10-32-20)40-22-7-4-17(14-19(22)31)34-28(38)25-21(37)9-12-36(29(25)39)18-5-2-16(30)3-6-18/h2-15,37H,1H3,(H,34,38). The fourth-order valence-electron chi connectivity index (χ4n) is 4.23. The van der Waals surface area contributed by atoms with E-state index in [9.17, 15) is 19.1 Å². The molecule has 0 unspecified atom stereocenters. The largest absolute Gasteiger partial charge is 0.507 e. The Kier molecular flexibility index (Phi) is 6.52. The molecule has 0 fully saturated rings. The summed E-state index contributed by atoms with van der Waals surface area (Å²) in [4.78, 5) is 35.5. The third kappa shape index (κ3) is 4.92. The molecule has 0 aliphatic rings. The number of hydrogen-bond acceptors (Lipinski definition) is 7. The Morgan fingerprint density at radius 2 is 1.78 bits per heavy atom. The molecule has 4 heterocycles. The van der Waals surface area contributed by atoms with Crippen LogP contribution >= 0.6 is 11.3 Å². The first-order chi connectivity index (χ1) is 19.8. The van der Waals surface area contributed by atoms with E-state index in [4.69, 9.17) is 4.74 Å². The molecular weight excluding hydrogens is 552 g/mol. The Labute approximate surface area is 234 Å². The number of thiophene rings is 1. The smallest absolute Gasteiger partial charge is 0.271 e. The number of amides is 1. The molecule has 2 N–H and O–H groups in total. The summed E-state index contributed by atoms with van der Waals surface area (Å²) in [5, 5.41) is 12.7. The molecule has 41 heavy (non-hydrogen) atoms. The van der Waals surface area contributed by atoms with Gasteiger partial charge in [0.25, 0.3) is 11.5 Å². The predicted octanol–water partition coefficient (Wildman–Crippen LogP) is 5.88. The highest BCUT2D eigenvalue weighted by molar-refractivity contribution is 7.22. The van der Waals surface area contributed by atoms with Crippen LogP contribution in [0.5, 0.6) is 17.2 Å². The van der Waals surface area contributed by atoms with Gasteiger partial charge < -0.3 is 19.7 Å². The van der Waals surface area contributed by atoms with Crippen LogP contribution in [0.1, 0.15) is 10.4 Å². The summed E-state index contributed by atoms with van der Waals surface area (Å²) in [5.41, 5.74) is -0.399. The number of imidazole rings is 1. The summed E-state index contributed by atoms with van der Waals surface area (Å²) in [6, 6.07) is 13.5. The molecule has 0 radical (unpaired) electrons. The van der Waals surface area contributed by atoms with Crippen molar-refractivity contribution in [3.05, 3.63) is 113 Å². The van der Waals surface area contributed by atoms with Crippen molar-refractivity contribution in [3.63, 3.8) is 0 Å². The number of rotatable bonds is 6. The number of carbonyl (C=O) groups is 1. The number of halogens is 2. The average Bonchev–Trinajstić information content (AvgIpc) is 3.57. The van der Waals surface area contributed by atoms with Gasteiger partial charge in [-0.15, -0.1) is 11.3 Å². The molecule has 4 aromatic heterocycles. The molecule has 6 rings (SSSR count). The first-order valence-corrected chi connectivity index (χ1v) is 13.0. The van der Waals surface area contributed by atoms with Crippen LogP contribution in [0.15, 0.2) is 90.2 Å². The summed E-state index contributed by atoms with van der Waals surface area (Å²) in [5.74, 6) is -1.71. The van der Waals surface area contributed by atoms with E-state index in [1.165, 1.54) is 41.8 Å². The summed E-state index contributed by atoms with van der Waals surface area (Å²) in [6.07, 6.45) is 6.35. The second kappa shape index (κ2) is 10.3. The zero-order chi connectivity index (χ0) is 28.7. The fourth-order valence-corrected chi connectivity index (χ4v) is 5.33. The van der Waals surface area contributed by atoms with Crippen LogP contribution in [0, 0.1) is 11.6 Å². The number of carbonyl (C=O) groups excluding carboxylic acids is 1. The average molecular weight is 572 g/mol.